The van der Waals surface area contributed by atoms with Crippen molar-refractivity contribution < 1.29 is 4.79 Å². The molecule has 3 rings (SSSR count). The second-order valence-corrected chi connectivity index (χ2v) is 7.55. The molecule has 21 heavy (non-hydrogen) atoms. The number of fused-ring (bicyclic) bond motifs is 2. The van der Waals surface area contributed by atoms with Crippen molar-refractivity contribution in [3.05, 3.63) is 41.5 Å². The van der Waals surface area contributed by atoms with Crippen LogP contribution >= 0.6 is 0 Å². The third-order valence-electron chi connectivity index (χ3n) is 5.80. The van der Waals surface area contributed by atoms with Gasteiger partial charge >= 0.3 is 0 Å². The first-order valence-corrected chi connectivity index (χ1v) is 7.85. The highest BCUT2D eigenvalue weighted by atomic mass is 16.2. The highest BCUT2D eigenvalue weighted by Crippen LogP contribution is 2.65. The Kier molecular flexibility index (Phi) is 3.05. The Labute approximate surface area is 127 Å². The predicted molar refractivity (Wildman–Crippen MR) is 87.2 cm³/mol. The van der Waals surface area contributed by atoms with Crippen LogP contribution in [0.4, 0.5) is 5.69 Å². The highest BCUT2D eigenvalue weighted by molar-refractivity contribution is 5.98. The largest absolute Gasteiger partial charge is 0.325 e. The van der Waals surface area contributed by atoms with Crippen molar-refractivity contribution >= 4 is 11.6 Å². The monoisotopic (exact) mass is 283 g/mol. The molecule has 1 aromatic carbocycles. The van der Waals surface area contributed by atoms with Gasteiger partial charge in [-0.2, -0.15) is 0 Å². The van der Waals surface area contributed by atoms with Crippen LogP contribution in [0.25, 0.3) is 0 Å². The van der Waals surface area contributed by atoms with Crippen molar-refractivity contribution in [2.45, 2.75) is 47.0 Å². The van der Waals surface area contributed by atoms with Crippen LogP contribution in [0.1, 0.15) is 44.2 Å². The smallest absolute Gasteiger partial charge is 0.234 e. The average Bonchev–Trinajstić information content (AvgIpc) is 2.89. The summed E-state index contributed by atoms with van der Waals surface area (Å²) in [7, 11) is 0. The molecule has 0 unspecified atom stereocenters. The molecule has 2 fully saturated rings. The summed E-state index contributed by atoms with van der Waals surface area (Å²) in [6, 6.07) is 6.20. The number of carbonyl (C=O) groups excluding carboxylic acids is 1. The number of anilines is 1. The van der Waals surface area contributed by atoms with Gasteiger partial charge in [-0.05, 0) is 67.7 Å². The zero-order valence-electron chi connectivity index (χ0n) is 13.5. The van der Waals surface area contributed by atoms with E-state index in [0.717, 1.165) is 30.5 Å². The summed E-state index contributed by atoms with van der Waals surface area (Å²) in [5.41, 5.74) is 4.15. The molecule has 0 aliphatic heterocycles. The van der Waals surface area contributed by atoms with E-state index in [2.05, 4.69) is 45.7 Å². The molecule has 2 aliphatic carbocycles. The SMILES string of the molecule is C=C1C(C)(C)[C@H]2CC[C@]1(C(=O)Nc1cc(C)cc(C)c1)C2. The molecule has 112 valence electrons. The van der Waals surface area contributed by atoms with Gasteiger partial charge in [-0.1, -0.05) is 32.1 Å². The van der Waals surface area contributed by atoms with Crippen molar-refractivity contribution in [3.63, 3.8) is 0 Å². The Morgan fingerprint density at radius 1 is 1.24 bits per heavy atom. The molecular weight excluding hydrogens is 258 g/mol. The molecule has 1 N–H and O–H groups in total. The van der Waals surface area contributed by atoms with Crippen LogP contribution in [-0.4, -0.2) is 5.91 Å². The minimum atomic E-state index is -0.341. The van der Waals surface area contributed by atoms with E-state index in [0.29, 0.717) is 5.92 Å². The molecule has 2 aliphatic rings. The molecule has 2 heteroatoms. The van der Waals surface area contributed by atoms with Crippen LogP contribution in [-0.2, 0) is 4.79 Å². The van der Waals surface area contributed by atoms with Gasteiger partial charge in [-0.3, -0.25) is 4.79 Å². The summed E-state index contributed by atoms with van der Waals surface area (Å²) in [4.78, 5) is 12.9. The molecule has 0 radical (unpaired) electrons. The van der Waals surface area contributed by atoms with Gasteiger partial charge in [0.25, 0.3) is 0 Å². The lowest BCUT2D eigenvalue weighted by molar-refractivity contribution is -0.123. The van der Waals surface area contributed by atoms with Crippen molar-refractivity contribution in [3.8, 4) is 0 Å². The van der Waals surface area contributed by atoms with Gasteiger partial charge in [0.1, 0.15) is 0 Å². The second kappa shape index (κ2) is 4.46. The second-order valence-electron chi connectivity index (χ2n) is 7.55. The van der Waals surface area contributed by atoms with Crippen molar-refractivity contribution in [2.75, 3.05) is 5.32 Å². The van der Waals surface area contributed by atoms with Gasteiger partial charge in [-0.15, -0.1) is 0 Å². The minimum Gasteiger partial charge on any atom is -0.325 e. The summed E-state index contributed by atoms with van der Waals surface area (Å²) in [5, 5.41) is 3.15. The number of amides is 1. The van der Waals surface area contributed by atoms with E-state index in [1.54, 1.807) is 0 Å². The van der Waals surface area contributed by atoms with Gasteiger partial charge in [0.15, 0.2) is 0 Å². The third-order valence-corrected chi connectivity index (χ3v) is 5.80. The fraction of sp³-hybridized carbons (Fsp3) is 0.526. The van der Waals surface area contributed by atoms with E-state index < -0.39 is 0 Å². The maximum atomic E-state index is 12.9. The fourth-order valence-corrected chi connectivity index (χ4v) is 4.44. The molecule has 1 aromatic rings. The Hall–Kier alpha value is -1.57. The third kappa shape index (κ3) is 2.04. The van der Waals surface area contributed by atoms with Crippen LogP contribution in [0.3, 0.4) is 0 Å². The molecule has 0 aromatic heterocycles. The Bertz CT molecular complexity index is 608. The average molecular weight is 283 g/mol. The normalized spacial score (nSPS) is 29.7. The van der Waals surface area contributed by atoms with Crippen molar-refractivity contribution in [2.24, 2.45) is 16.7 Å². The molecule has 0 saturated heterocycles. The zero-order valence-corrected chi connectivity index (χ0v) is 13.5. The maximum absolute atomic E-state index is 12.9. The van der Waals surface area contributed by atoms with E-state index in [1.807, 2.05) is 12.1 Å². The number of hydrogen-bond acceptors (Lipinski definition) is 1. The minimum absolute atomic E-state index is 0.0953. The number of aryl methyl sites for hydroxylation is 2. The van der Waals surface area contributed by atoms with Crippen LogP contribution < -0.4 is 5.32 Å². The topological polar surface area (TPSA) is 29.1 Å². The molecular formula is C19H25NO. The van der Waals surface area contributed by atoms with Crippen molar-refractivity contribution in [1.29, 1.82) is 0 Å². The van der Waals surface area contributed by atoms with Crippen LogP contribution in [0.2, 0.25) is 0 Å². The maximum Gasteiger partial charge on any atom is 0.234 e. The summed E-state index contributed by atoms with van der Waals surface area (Å²) in [6.07, 6.45) is 3.07. The highest BCUT2D eigenvalue weighted by Gasteiger charge is 2.60. The van der Waals surface area contributed by atoms with E-state index in [-0.39, 0.29) is 16.7 Å². The van der Waals surface area contributed by atoms with E-state index in [4.69, 9.17) is 0 Å². The lowest BCUT2D eigenvalue weighted by Crippen LogP contribution is -2.37. The number of hydrogen-bond donors (Lipinski definition) is 1. The van der Waals surface area contributed by atoms with E-state index >= 15 is 0 Å². The first kappa shape index (κ1) is 14.4. The summed E-state index contributed by atoms with van der Waals surface area (Å²) in [6.45, 7) is 12.9. The quantitative estimate of drug-likeness (QED) is 0.788. The number of nitrogens with one attached hydrogen (secondary N) is 1. The first-order valence-electron chi connectivity index (χ1n) is 7.85. The fourth-order valence-electron chi connectivity index (χ4n) is 4.44. The molecule has 2 atom stereocenters. The molecule has 2 nitrogen and oxygen atoms in total. The summed E-state index contributed by atoms with van der Waals surface area (Å²) < 4.78 is 0. The summed E-state index contributed by atoms with van der Waals surface area (Å²) in [5.74, 6) is 0.751. The number of rotatable bonds is 2. The molecule has 0 spiro atoms. The standard InChI is InChI=1S/C19H25NO/c1-12-8-13(2)10-16(9-12)20-17(21)19-7-6-15(11-19)18(4,5)14(19)3/h8-10,15H,3,6-7,11H2,1-2,4-5H3,(H,20,21)/t15-,19-/m0/s1. The first-order chi connectivity index (χ1) is 9.75. The van der Waals surface area contributed by atoms with Crippen LogP contribution in [0.15, 0.2) is 30.4 Å². The molecule has 2 bridgehead atoms. The predicted octanol–water partition coefficient (Wildman–Crippen LogP) is 4.62. The molecule has 2 saturated carbocycles. The lowest BCUT2D eigenvalue weighted by atomic mass is 9.68. The van der Waals surface area contributed by atoms with Gasteiger partial charge in [0.2, 0.25) is 5.91 Å². The number of benzene rings is 1. The van der Waals surface area contributed by atoms with Crippen LogP contribution in [0.5, 0.6) is 0 Å². The Morgan fingerprint density at radius 2 is 1.86 bits per heavy atom. The van der Waals surface area contributed by atoms with E-state index in [1.165, 1.54) is 11.1 Å². The van der Waals surface area contributed by atoms with Gasteiger partial charge < -0.3 is 5.32 Å². The molecule has 1 amide bonds. The number of carbonyl (C=O) groups is 1. The Morgan fingerprint density at radius 3 is 2.38 bits per heavy atom. The van der Waals surface area contributed by atoms with E-state index in [9.17, 15) is 4.79 Å². The summed E-state index contributed by atoms with van der Waals surface area (Å²) >= 11 is 0. The van der Waals surface area contributed by atoms with Crippen LogP contribution in [0, 0.1) is 30.6 Å². The van der Waals surface area contributed by atoms with Gasteiger partial charge in [0.05, 0.1) is 5.41 Å². The Balaban J connectivity index is 1.88. The van der Waals surface area contributed by atoms with Gasteiger partial charge in [0, 0.05) is 5.69 Å². The van der Waals surface area contributed by atoms with Crippen molar-refractivity contribution in [1.82, 2.24) is 0 Å². The molecule has 0 heterocycles. The van der Waals surface area contributed by atoms with Gasteiger partial charge in [-0.25, -0.2) is 0 Å². The lowest BCUT2D eigenvalue weighted by Gasteiger charge is -2.37. The zero-order chi connectivity index (χ0) is 15.4.